The number of hydrogen-bond acceptors (Lipinski definition) is 8. The second-order valence-corrected chi connectivity index (χ2v) is 18.8. The van der Waals surface area contributed by atoms with Crippen LogP contribution in [0.3, 0.4) is 0 Å². The summed E-state index contributed by atoms with van der Waals surface area (Å²) < 4.78 is 0. The highest BCUT2D eigenvalue weighted by atomic mass is 16.3. The zero-order valence-corrected chi connectivity index (χ0v) is 30.8. The molecule has 6 saturated carbocycles. The molecule has 0 amide bonds. The number of carbonyl (C=O) groups is 4. The van der Waals surface area contributed by atoms with Gasteiger partial charge in [0.15, 0.2) is 23.1 Å². The lowest BCUT2D eigenvalue weighted by Crippen LogP contribution is -2.58. The van der Waals surface area contributed by atoms with Gasteiger partial charge in [-0.1, -0.05) is 38.8 Å². The zero-order chi connectivity index (χ0) is 36.1. The first-order chi connectivity index (χ1) is 23.5. The molecule has 276 valence electrons. The summed E-state index contributed by atoms with van der Waals surface area (Å²) in [6.07, 6.45) is 17.4. The van der Waals surface area contributed by atoms with Gasteiger partial charge in [0.05, 0.1) is 0 Å². The Balaban J connectivity index is 0.000000157. The Morgan fingerprint density at radius 2 is 0.920 bits per heavy atom. The maximum absolute atomic E-state index is 12.3. The van der Waals surface area contributed by atoms with Crippen LogP contribution >= 0.6 is 0 Å². The van der Waals surface area contributed by atoms with Crippen molar-refractivity contribution in [3.63, 3.8) is 0 Å². The van der Waals surface area contributed by atoms with E-state index in [9.17, 15) is 39.6 Å². The Morgan fingerprint density at radius 1 is 0.560 bits per heavy atom. The Bertz CT molecular complexity index is 1420. The molecule has 0 aromatic carbocycles. The molecule has 4 N–H and O–H groups in total. The van der Waals surface area contributed by atoms with Gasteiger partial charge in [-0.3, -0.25) is 19.2 Å². The van der Waals surface area contributed by atoms with Gasteiger partial charge >= 0.3 is 0 Å². The number of carbonyl (C=O) groups excluding carboxylic acids is 4. The van der Waals surface area contributed by atoms with E-state index in [4.69, 9.17) is 0 Å². The van der Waals surface area contributed by atoms with Crippen molar-refractivity contribution >= 4 is 23.1 Å². The van der Waals surface area contributed by atoms with Crippen molar-refractivity contribution in [2.45, 2.75) is 142 Å². The topological polar surface area (TPSA) is 149 Å². The second-order valence-electron chi connectivity index (χ2n) is 18.8. The number of ketones is 4. The maximum Gasteiger partial charge on any atom is 0.190 e. The molecular formula is C42H60O8. The summed E-state index contributed by atoms with van der Waals surface area (Å²) in [6.45, 7) is 7.69. The molecule has 0 radical (unpaired) electrons. The van der Waals surface area contributed by atoms with E-state index < -0.39 is 46.8 Å². The number of aliphatic hydroxyl groups is 4. The van der Waals surface area contributed by atoms with E-state index in [2.05, 4.69) is 27.7 Å². The second kappa shape index (κ2) is 12.3. The van der Waals surface area contributed by atoms with Crippen LogP contribution in [-0.2, 0) is 19.2 Å². The Hall–Kier alpha value is -2.00. The quantitative estimate of drug-likeness (QED) is 0.297. The smallest absolute Gasteiger partial charge is 0.190 e. The largest absolute Gasteiger partial charge is 0.388 e. The Kier molecular flexibility index (Phi) is 8.93. The summed E-state index contributed by atoms with van der Waals surface area (Å²) >= 11 is 0. The standard InChI is InChI=1S/2C21H30O4/c2*1-19-8-5-14(23)11-13(19)3-4-15-16(19)6-9-20(2)17(15)7-10-21(20,25)18(24)12-22/h2*11,15-17,22,25H,3-10,12H2,1-2H3/t2*15-,16+,17+,19+,20+,21+/m11/s1. The van der Waals surface area contributed by atoms with Gasteiger partial charge in [0, 0.05) is 23.7 Å². The summed E-state index contributed by atoms with van der Waals surface area (Å²) in [7, 11) is 0. The first kappa shape index (κ1) is 36.4. The predicted octanol–water partition coefficient (Wildman–Crippen LogP) is 5.62. The van der Waals surface area contributed by atoms with Crippen LogP contribution in [0.5, 0.6) is 0 Å². The summed E-state index contributed by atoms with van der Waals surface area (Å²) in [5, 5.41) is 41.1. The molecule has 0 unspecified atom stereocenters. The molecular weight excluding hydrogens is 632 g/mol. The van der Waals surface area contributed by atoms with Gasteiger partial charge in [0.25, 0.3) is 0 Å². The molecule has 0 spiro atoms. The molecule has 50 heavy (non-hydrogen) atoms. The number of rotatable bonds is 4. The molecule has 0 heterocycles. The first-order valence-corrected chi connectivity index (χ1v) is 19.7. The molecule has 0 aromatic heterocycles. The maximum atomic E-state index is 12.3. The van der Waals surface area contributed by atoms with Crippen molar-refractivity contribution in [1.29, 1.82) is 0 Å². The van der Waals surface area contributed by atoms with Gasteiger partial charge in [-0.05, 0) is 148 Å². The van der Waals surface area contributed by atoms with Crippen LogP contribution in [0.2, 0.25) is 0 Å². The molecule has 12 atom stereocenters. The number of aliphatic hydroxyl groups excluding tert-OH is 2. The van der Waals surface area contributed by atoms with Crippen LogP contribution in [0.1, 0.15) is 130 Å². The van der Waals surface area contributed by atoms with Crippen molar-refractivity contribution in [2.75, 3.05) is 13.2 Å². The molecule has 8 rings (SSSR count). The van der Waals surface area contributed by atoms with E-state index >= 15 is 0 Å². The third-order valence-electron chi connectivity index (χ3n) is 17.4. The molecule has 0 aromatic rings. The van der Waals surface area contributed by atoms with Crippen molar-refractivity contribution < 1.29 is 39.6 Å². The summed E-state index contributed by atoms with van der Waals surface area (Å²) in [4.78, 5) is 48.4. The highest BCUT2D eigenvalue weighted by molar-refractivity contribution is 5.92. The average Bonchev–Trinajstić information content (AvgIpc) is 3.54. The summed E-state index contributed by atoms with van der Waals surface area (Å²) in [5.41, 5.74) is -0.666. The monoisotopic (exact) mass is 692 g/mol. The van der Waals surface area contributed by atoms with Crippen molar-refractivity contribution in [1.82, 2.24) is 0 Å². The average molecular weight is 693 g/mol. The molecule has 8 aliphatic rings. The van der Waals surface area contributed by atoms with Gasteiger partial charge in [-0.15, -0.1) is 0 Å². The number of Topliss-reactive ketones (excluding diaryl/α,β-unsaturated/α-hetero) is 2. The van der Waals surface area contributed by atoms with E-state index in [1.165, 1.54) is 11.1 Å². The van der Waals surface area contributed by atoms with Crippen LogP contribution in [0.4, 0.5) is 0 Å². The van der Waals surface area contributed by atoms with Crippen LogP contribution < -0.4 is 0 Å². The molecule has 8 aliphatic carbocycles. The minimum atomic E-state index is -1.36. The molecule has 0 bridgehead atoms. The van der Waals surface area contributed by atoms with Crippen molar-refractivity contribution in [3.8, 4) is 0 Å². The summed E-state index contributed by atoms with van der Waals surface area (Å²) in [5.74, 6) is 2.53. The lowest BCUT2D eigenvalue weighted by atomic mass is 9.46. The van der Waals surface area contributed by atoms with Crippen LogP contribution in [0.15, 0.2) is 23.3 Å². The highest BCUT2D eigenvalue weighted by Gasteiger charge is 2.67. The van der Waals surface area contributed by atoms with E-state index in [0.717, 1.165) is 77.0 Å². The van der Waals surface area contributed by atoms with Gasteiger partial charge in [0.1, 0.15) is 24.4 Å². The number of allylic oxidation sites excluding steroid dienone is 2. The van der Waals surface area contributed by atoms with E-state index in [0.29, 0.717) is 61.2 Å². The van der Waals surface area contributed by atoms with Crippen LogP contribution in [0.25, 0.3) is 0 Å². The fourth-order valence-electron chi connectivity index (χ4n) is 14.3. The zero-order valence-electron chi connectivity index (χ0n) is 30.8. The number of fused-ring (bicyclic) bond motifs is 10. The third kappa shape index (κ3) is 4.89. The molecule has 8 heteroatoms. The fraction of sp³-hybridized carbons (Fsp3) is 0.810. The molecule has 8 nitrogen and oxygen atoms in total. The predicted molar refractivity (Wildman–Crippen MR) is 188 cm³/mol. The van der Waals surface area contributed by atoms with E-state index in [1.807, 2.05) is 12.2 Å². The normalized spacial score (nSPS) is 49.0. The SMILES string of the molecule is C[C@]12CCC(=O)C=C1CC[C@@H]1[C@@H]2CC[C@@]2(C)[C@H]1CC[C@]2(O)C(=O)CO.C[C@]12CCC(=O)C=C1CC[C@@H]1[C@@H]2CC[C@@]2(C)[C@H]1CC[C@]2(O)C(=O)CO. The number of hydrogen-bond donors (Lipinski definition) is 4. The fourth-order valence-corrected chi connectivity index (χ4v) is 14.3. The van der Waals surface area contributed by atoms with Gasteiger partial charge in [-0.2, -0.15) is 0 Å². The van der Waals surface area contributed by atoms with Crippen LogP contribution in [-0.4, -0.2) is 68.0 Å². The van der Waals surface area contributed by atoms with Crippen molar-refractivity contribution in [3.05, 3.63) is 23.3 Å². The molecule has 0 saturated heterocycles. The van der Waals surface area contributed by atoms with E-state index in [1.54, 1.807) is 0 Å². The Morgan fingerprint density at radius 3 is 1.28 bits per heavy atom. The first-order valence-electron chi connectivity index (χ1n) is 19.7. The lowest BCUT2D eigenvalue weighted by Gasteiger charge is -2.58. The minimum absolute atomic E-state index is 0.111. The minimum Gasteiger partial charge on any atom is -0.388 e. The van der Waals surface area contributed by atoms with Crippen molar-refractivity contribution in [2.24, 2.45) is 57.2 Å². The summed E-state index contributed by atoms with van der Waals surface area (Å²) in [6, 6.07) is 0. The van der Waals surface area contributed by atoms with Crippen LogP contribution in [0, 0.1) is 57.2 Å². The lowest BCUT2D eigenvalue weighted by molar-refractivity contribution is -0.164. The molecule has 6 fully saturated rings. The highest BCUT2D eigenvalue weighted by Crippen LogP contribution is 2.69. The molecule has 0 aliphatic heterocycles. The van der Waals surface area contributed by atoms with Gasteiger partial charge in [-0.25, -0.2) is 0 Å². The third-order valence-corrected chi connectivity index (χ3v) is 17.4. The van der Waals surface area contributed by atoms with E-state index in [-0.39, 0.29) is 22.4 Å². The Labute approximate surface area is 297 Å². The van der Waals surface area contributed by atoms with Gasteiger partial charge < -0.3 is 20.4 Å². The van der Waals surface area contributed by atoms with Gasteiger partial charge in [0.2, 0.25) is 0 Å².